The Hall–Kier alpha value is -1.42. The van der Waals surface area contributed by atoms with Gasteiger partial charge in [-0.05, 0) is 37.8 Å². The summed E-state index contributed by atoms with van der Waals surface area (Å²) in [6, 6.07) is 3.97. The van der Waals surface area contributed by atoms with Gasteiger partial charge < -0.3 is 11.1 Å². The molecule has 0 bridgehead atoms. The predicted octanol–water partition coefficient (Wildman–Crippen LogP) is 0.857. The van der Waals surface area contributed by atoms with Crippen molar-refractivity contribution in [3.63, 3.8) is 0 Å². The number of nitrogens with zero attached hydrogens (tertiary/aromatic N) is 1. The van der Waals surface area contributed by atoms with Crippen LogP contribution in [0.1, 0.15) is 28.9 Å². The van der Waals surface area contributed by atoms with E-state index in [4.69, 9.17) is 5.73 Å². The highest BCUT2D eigenvalue weighted by molar-refractivity contribution is 5.93. The molecule has 1 saturated carbocycles. The molecule has 1 amide bonds. The molecule has 0 aromatic carbocycles. The third kappa shape index (κ3) is 2.58. The van der Waals surface area contributed by atoms with Crippen molar-refractivity contribution in [1.29, 1.82) is 0 Å². The zero-order chi connectivity index (χ0) is 11.5. The summed E-state index contributed by atoms with van der Waals surface area (Å²) in [5.41, 5.74) is 7.22. The van der Waals surface area contributed by atoms with Gasteiger partial charge >= 0.3 is 0 Å². The van der Waals surface area contributed by atoms with Gasteiger partial charge in [0.25, 0.3) is 5.91 Å². The van der Waals surface area contributed by atoms with Crippen molar-refractivity contribution in [3.05, 3.63) is 29.6 Å². The maximum Gasteiger partial charge on any atom is 0.252 e. The summed E-state index contributed by atoms with van der Waals surface area (Å²) < 4.78 is 0. The van der Waals surface area contributed by atoms with Gasteiger partial charge in [-0.15, -0.1) is 0 Å². The number of nitrogens with one attached hydrogen (secondary N) is 1. The van der Waals surface area contributed by atoms with Crippen molar-refractivity contribution in [2.24, 2.45) is 11.7 Å². The Morgan fingerprint density at radius 1 is 1.56 bits per heavy atom. The fraction of sp³-hybridized carbons (Fsp3) is 0.500. The average Bonchev–Trinajstić information content (AvgIpc) is 2.23. The van der Waals surface area contributed by atoms with E-state index in [0.29, 0.717) is 17.5 Å². The third-order valence-electron chi connectivity index (χ3n) is 3.00. The monoisotopic (exact) mass is 219 g/mol. The third-order valence-corrected chi connectivity index (χ3v) is 3.00. The second-order valence-corrected chi connectivity index (χ2v) is 4.50. The molecule has 1 aromatic rings. The smallest absolute Gasteiger partial charge is 0.252 e. The number of nitrogens with two attached hydrogens (primary N) is 1. The SMILES string of the molecule is Cc1ccc(C(=O)NCC2CC(N)C2)cn1. The van der Waals surface area contributed by atoms with E-state index < -0.39 is 0 Å². The molecule has 1 aliphatic carbocycles. The lowest BCUT2D eigenvalue weighted by molar-refractivity contribution is 0.0935. The molecule has 1 fully saturated rings. The van der Waals surface area contributed by atoms with Crippen molar-refractivity contribution in [2.45, 2.75) is 25.8 Å². The van der Waals surface area contributed by atoms with Crippen LogP contribution < -0.4 is 11.1 Å². The number of aryl methyl sites for hydroxylation is 1. The van der Waals surface area contributed by atoms with E-state index in [1.807, 2.05) is 13.0 Å². The van der Waals surface area contributed by atoms with Gasteiger partial charge in [0.2, 0.25) is 0 Å². The topological polar surface area (TPSA) is 68.0 Å². The minimum atomic E-state index is -0.0482. The van der Waals surface area contributed by atoms with E-state index in [9.17, 15) is 4.79 Å². The summed E-state index contributed by atoms with van der Waals surface area (Å²) >= 11 is 0. The molecule has 3 N–H and O–H groups in total. The van der Waals surface area contributed by atoms with Crippen molar-refractivity contribution >= 4 is 5.91 Å². The Bertz CT molecular complexity index is 368. The van der Waals surface area contributed by atoms with Crippen LogP contribution in [-0.4, -0.2) is 23.5 Å². The summed E-state index contributed by atoms with van der Waals surface area (Å²) in [4.78, 5) is 15.8. The average molecular weight is 219 g/mol. The van der Waals surface area contributed by atoms with Crippen LogP contribution in [-0.2, 0) is 0 Å². The molecule has 1 aromatic heterocycles. The zero-order valence-corrected chi connectivity index (χ0v) is 9.44. The fourth-order valence-corrected chi connectivity index (χ4v) is 1.90. The minimum Gasteiger partial charge on any atom is -0.352 e. The number of rotatable bonds is 3. The summed E-state index contributed by atoms with van der Waals surface area (Å²) in [6.07, 6.45) is 3.65. The van der Waals surface area contributed by atoms with Gasteiger partial charge in [0.15, 0.2) is 0 Å². The van der Waals surface area contributed by atoms with Crippen LogP contribution >= 0.6 is 0 Å². The van der Waals surface area contributed by atoms with Crippen LogP contribution in [0, 0.1) is 12.8 Å². The summed E-state index contributed by atoms with van der Waals surface area (Å²) in [7, 11) is 0. The van der Waals surface area contributed by atoms with Crippen LogP contribution in [0.5, 0.6) is 0 Å². The maximum atomic E-state index is 11.7. The molecule has 1 heterocycles. The van der Waals surface area contributed by atoms with E-state index in [1.54, 1.807) is 12.3 Å². The van der Waals surface area contributed by atoms with E-state index in [2.05, 4.69) is 10.3 Å². The van der Waals surface area contributed by atoms with Gasteiger partial charge in [0.05, 0.1) is 5.56 Å². The van der Waals surface area contributed by atoms with Crippen LogP contribution in [0.2, 0.25) is 0 Å². The Labute approximate surface area is 95.3 Å². The Morgan fingerprint density at radius 2 is 2.31 bits per heavy atom. The molecule has 0 saturated heterocycles. The number of carbonyl (C=O) groups excluding carboxylic acids is 1. The summed E-state index contributed by atoms with van der Waals surface area (Å²) in [6.45, 7) is 2.62. The molecule has 0 spiro atoms. The molecule has 0 radical (unpaired) electrons. The van der Waals surface area contributed by atoms with E-state index in [-0.39, 0.29) is 5.91 Å². The molecule has 16 heavy (non-hydrogen) atoms. The molecule has 1 aliphatic rings. The minimum absolute atomic E-state index is 0.0482. The molecular weight excluding hydrogens is 202 g/mol. The Morgan fingerprint density at radius 3 is 2.88 bits per heavy atom. The summed E-state index contributed by atoms with van der Waals surface area (Å²) in [5.74, 6) is 0.505. The number of pyridine rings is 1. The standard InChI is InChI=1S/C12H17N3O/c1-8-2-3-10(7-14-8)12(16)15-6-9-4-11(13)5-9/h2-3,7,9,11H,4-6,13H2,1H3,(H,15,16). The quantitative estimate of drug-likeness (QED) is 0.792. The number of amides is 1. The largest absolute Gasteiger partial charge is 0.352 e. The highest BCUT2D eigenvalue weighted by Gasteiger charge is 2.25. The normalized spacial score (nSPS) is 23.6. The van der Waals surface area contributed by atoms with E-state index in [0.717, 1.165) is 25.1 Å². The van der Waals surface area contributed by atoms with Crippen LogP contribution in [0.15, 0.2) is 18.3 Å². The number of carbonyl (C=O) groups is 1. The first kappa shape index (κ1) is 11.1. The van der Waals surface area contributed by atoms with Crippen LogP contribution in [0.3, 0.4) is 0 Å². The molecule has 86 valence electrons. The molecule has 0 atom stereocenters. The first-order chi connectivity index (χ1) is 7.65. The van der Waals surface area contributed by atoms with Gasteiger partial charge in [0.1, 0.15) is 0 Å². The first-order valence-corrected chi connectivity index (χ1v) is 5.61. The van der Waals surface area contributed by atoms with Gasteiger partial charge in [-0.2, -0.15) is 0 Å². The Kier molecular flexibility index (Phi) is 3.19. The lowest BCUT2D eigenvalue weighted by Crippen LogP contribution is -2.42. The van der Waals surface area contributed by atoms with Crippen LogP contribution in [0.25, 0.3) is 0 Å². The van der Waals surface area contributed by atoms with E-state index >= 15 is 0 Å². The summed E-state index contributed by atoms with van der Waals surface area (Å²) in [5, 5.41) is 2.91. The first-order valence-electron chi connectivity index (χ1n) is 5.61. The Balaban J connectivity index is 1.81. The highest BCUT2D eigenvalue weighted by Crippen LogP contribution is 2.24. The lowest BCUT2D eigenvalue weighted by Gasteiger charge is -2.32. The molecule has 4 heteroatoms. The van der Waals surface area contributed by atoms with Crippen molar-refractivity contribution in [2.75, 3.05) is 6.54 Å². The molecular formula is C12H17N3O. The second-order valence-electron chi connectivity index (χ2n) is 4.50. The molecule has 0 unspecified atom stereocenters. The van der Waals surface area contributed by atoms with Gasteiger partial charge in [-0.25, -0.2) is 0 Å². The van der Waals surface area contributed by atoms with Crippen LogP contribution in [0.4, 0.5) is 0 Å². The van der Waals surface area contributed by atoms with Gasteiger partial charge in [-0.3, -0.25) is 9.78 Å². The van der Waals surface area contributed by atoms with E-state index in [1.165, 1.54) is 0 Å². The number of hydrogen-bond acceptors (Lipinski definition) is 3. The molecule has 4 nitrogen and oxygen atoms in total. The van der Waals surface area contributed by atoms with Crippen molar-refractivity contribution in [3.8, 4) is 0 Å². The molecule has 0 aliphatic heterocycles. The second kappa shape index (κ2) is 4.61. The highest BCUT2D eigenvalue weighted by atomic mass is 16.1. The number of aromatic nitrogens is 1. The van der Waals surface area contributed by atoms with Gasteiger partial charge in [0, 0.05) is 24.5 Å². The predicted molar refractivity (Wildman–Crippen MR) is 62.0 cm³/mol. The van der Waals surface area contributed by atoms with Gasteiger partial charge in [-0.1, -0.05) is 0 Å². The van der Waals surface area contributed by atoms with Crippen molar-refractivity contribution < 1.29 is 4.79 Å². The van der Waals surface area contributed by atoms with Crippen molar-refractivity contribution in [1.82, 2.24) is 10.3 Å². The number of hydrogen-bond donors (Lipinski definition) is 2. The lowest BCUT2D eigenvalue weighted by atomic mass is 9.81. The zero-order valence-electron chi connectivity index (χ0n) is 9.44. The maximum absolute atomic E-state index is 11.7. The fourth-order valence-electron chi connectivity index (χ4n) is 1.90. The molecule has 2 rings (SSSR count).